The molecule has 0 aliphatic rings. The van der Waals surface area contributed by atoms with E-state index < -0.39 is 24.5 Å². The molecule has 0 unspecified atom stereocenters. The number of nitrogens with zero attached hydrogens (tertiary/aromatic N) is 2. The van der Waals surface area contributed by atoms with Gasteiger partial charge in [-0.2, -0.15) is 5.10 Å². The molecular formula is C20H26N4O5. The lowest BCUT2D eigenvalue weighted by Gasteiger charge is -2.11. The fraction of sp³-hybridized carbons (Fsp3) is 0.450. The Labute approximate surface area is 168 Å². The second-order valence-corrected chi connectivity index (χ2v) is 6.88. The summed E-state index contributed by atoms with van der Waals surface area (Å²) in [6.07, 6.45) is 2.67. The van der Waals surface area contributed by atoms with Gasteiger partial charge in [-0.15, -0.1) is 0 Å². The van der Waals surface area contributed by atoms with Gasteiger partial charge in [-0.05, 0) is 26.3 Å². The van der Waals surface area contributed by atoms with Gasteiger partial charge in [-0.3, -0.25) is 14.9 Å². The lowest BCUT2D eigenvalue weighted by Crippen LogP contribution is -2.44. The molecule has 9 nitrogen and oxygen atoms in total. The van der Waals surface area contributed by atoms with E-state index in [1.54, 1.807) is 38.1 Å². The number of urea groups is 1. The smallest absolute Gasteiger partial charge is 0.359 e. The number of benzene rings is 1. The van der Waals surface area contributed by atoms with Crippen LogP contribution in [-0.2, 0) is 16.1 Å². The summed E-state index contributed by atoms with van der Waals surface area (Å²) < 4.78 is 6.27. The fourth-order valence-electron chi connectivity index (χ4n) is 2.71. The summed E-state index contributed by atoms with van der Waals surface area (Å²) in [5.41, 5.74) is -0.326. The third kappa shape index (κ3) is 6.13. The predicted octanol–water partition coefficient (Wildman–Crippen LogP) is 1.98. The van der Waals surface area contributed by atoms with Crippen LogP contribution in [0.4, 0.5) is 4.79 Å². The van der Waals surface area contributed by atoms with Gasteiger partial charge in [-0.25, -0.2) is 14.3 Å². The van der Waals surface area contributed by atoms with Crippen molar-refractivity contribution < 1.29 is 19.1 Å². The number of ether oxygens (including phenoxy) is 1. The van der Waals surface area contributed by atoms with Gasteiger partial charge in [0.15, 0.2) is 12.3 Å². The van der Waals surface area contributed by atoms with Crippen molar-refractivity contribution in [3.05, 3.63) is 40.3 Å². The molecule has 0 spiro atoms. The molecular weight excluding hydrogens is 376 g/mol. The van der Waals surface area contributed by atoms with Gasteiger partial charge < -0.3 is 10.1 Å². The van der Waals surface area contributed by atoms with E-state index in [4.69, 9.17) is 4.74 Å². The fourth-order valence-corrected chi connectivity index (χ4v) is 2.71. The van der Waals surface area contributed by atoms with Gasteiger partial charge in [0, 0.05) is 18.0 Å². The molecule has 0 aliphatic heterocycles. The van der Waals surface area contributed by atoms with Gasteiger partial charge in [0.05, 0.1) is 5.39 Å². The van der Waals surface area contributed by atoms with E-state index in [0.717, 1.165) is 19.3 Å². The van der Waals surface area contributed by atoms with Crippen molar-refractivity contribution in [3.8, 4) is 0 Å². The maximum absolute atomic E-state index is 12.6. The van der Waals surface area contributed by atoms with Crippen molar-refractivity contribution >= 4 is 28.7 Å². The summed E-state index contributed by atoms with van der Waals surface area (Å²) in [7, 11) is 0. The van der Waals surface area contributed by atoms with E-state index in [1.807, 2.05) is 6.92 Å². The number of aryl methyl sites for hydroxylation is 1. The maximum Gasteiger partial charge on any atom is 0.359 e. The zero-order valence-electron chi connectivity index (χ0n) is 16.9. The molecule has 1 aromatic carbocycles. The third-order valence-electron chi connectivity index (χ3n) is 4.04. The summed E-state index contributed by atoms with van der Waals surface area (Å²) in [5.74, 6) is -1.61. The molecule has 0 saturated carbocycles. The lowest BCUT2D eigenvalue weighted by atomic mass is 10.1. The first-order valence-corrected chi connectivity index (χ1v) is 9.60. The highest BCUT2D eigenvalue weighted by Crippen LogP contribution is 2.14. The Balaban J connectivity index is 2.17. The van der Waals surface area contributed by atoms with Crippen LogP contribution in [0.5, 0.6) is 0 Å². The summed E-state index contributed by atoms with van der Waals surface area (Å²) in [6.45, 7) is 5.28. The first-order chi connectivity index (χ1) is 13.8. The standard InChI is InChI=1S/C20H26N4O5/c1-4-5-8-11-24-18(26)15-10-7-6-9-14(15)17(23-24)19(27)29-12-16(25)22-20(28)21-13(2)3/h6-7,9-10,13H,4-5,8,11-12H2,1-3H3,(H2,21,22,25,28). The molecule has 0 aliphatic carbocycles. The summed E-state index contributed by atoms with van der Waals surface area (Å²) in [4.78, 5) is 48.5. The highest BCUT2D eigenvalue weighted by molar-refractivity contribution is 6.03. The Hall–Kier alpha value is -3.23. The Morgan fingerprint density at radius 3 is 2.48 bits per heavy atom. The SMILES string of the molecule is CCCCCn1nc(C(=O)OCC(=O)NC(=O)NC(C)C)c2ccccc2c1=O. The first-order valence-electron chi connectivity index (χ1n) is 9.60. The van der Waals surface area contributed by atoms with Crippen molar-refractivity contribution in [1.82, 2.24) is 20.4 Å². The molecule has 0 radical (unpaired) electrons. The number of hydrogen-bond donors (Lipinski definition) is 2. The molecule has 0 saturated heterocycles. The van der Waals surface area contributed by atoms with Crippen LogP contribution in [0.2, 0.25) is 0 Å². The van der Waals surface area contributed by atoms with Crippen LogP contribution in [0.25, 0.3) is 10.8 Å². The average Bonchev–Trinajstić information content (AvgIpc) is 2.67. The van der Waals surface area contributed by atoms with E-state index in [9.17, 15) is 19.2 Å². The molecule has 29 heavy (non-hydrogen) atoms. The molecule has 0 fully saturated rings. The molecule has 9 heteroatoms. The molecule has 1 heterocycles. The molecule has 2 rings (SSSR count). The van der Waals surface area contributed by atoms with Gasteiger partial charge in [0.25, 0.3) is 11.5 Å². The Kier molecular flexibility index (Phi) is 7.88. The summed E-state index contributed by atoms with van der Waals surface area (Å²) >= 11 is 0. The average molecular weight is 402 g/mol. The second-order valence-electron chi connectivity index (χ2n) is 6.88. The highest BCUT2D eigenvalue weighted by Gasteiger charge is 2.19. The quantitative estimate of drug-likeness (QED) is 0.515. The van der Waals surface area contributed by atoms with Crippen LogP contribution in [0, 0.1) is 0 Å². The third-order valence-corrected chi connectivity index (χ3v) is 4.04. The van der Waals surface area contributed by atoms with Crippen LogP contribution in [0.3, 0.4) is 0 Å². The molecule has 2 N–H and O–H groups in total. The number of amides is 3. The number of imide groups is 1. The molecule has 156 valence electrons. The minimum absolute atomic E-state index is 0.0452. The monoisotopic (exact) mass is 402 g/mol. The van der Waals surface area contributed by atoms with Crippen molar-refractivity contribution in [3.63, 3.8) is 0 Å². The normalized spacial score (nSPS) is 10.8. The Morgan fingerprint density at radius 1 is 1.14 bits per heavy atom. The molecule has 1 aromatic heterocycles. The van der Waals surface area contributed by atoms with Crippen LogP contribution in [0.1, 0.15) is 50.5 Å². The highest BCUT2D eigenvalue weighted by atomic mass is 16.5. The van der Waals surface area contributed by atoms with Crippen LogP contribution >= 0.6 is 0 Å². The number of aromatic nitrogens is 2. The maximum atomic E-state index is 12.6. The predicted molar refractivity (Wildman–Crippen MR) is 108 cm³/mol. The van der Waals surface area contributed by atoms with Gasteiger partial charge >= 0.3 is 12.0 Å². The number of esters is 1. The van der Waals surface area contributed by atoms with Crippen LogP contribution in [-0.4, -0.2) is 40.3 Å². The first kappa shape index (κ1) is 22.1. The van der Waals surface area contributed by atoms with Crippen molar-refractivity contribution in [2.24, 2.45) is 0 Å². The minimum atomic E-state index is -0.843. The van der Waals surface area contributed by atoms with Crippen molar-refractivity contribution in [1.29, 1.82) is 0 Å². The zero-order valence-corrected chi connectivity index (χ0v) is 16.9. The number of carbonyl (C=O) groups is 3. The number of unbranched alkanes of at least 4 members (excludes halogenated alkanes) is 2. The molecule has 0 atom stereocenters. The van der Waals surface area contributed by atoms with Gasteiger partial charge in [0.1, 0.15) is 0 Å². The molecule has 0 bridgehead atoms. The minimum Gasteiger partial charge on any atom is -0.451 e. The Bertz CT molecular complexity index is 952. The van der Waals surface area contributed by atoms with E-state index in [-0.39, 0.29) is 17.3 Å². The molecule has 3 amide bonds. The van der Waals surface area contributed by atoms with E-state index in [1.165, 1.54) is 4.68 Å². The summed E-state index contributed by atoms with van der Waals surface area (Å²) in [5, 5.41) is 9.44. The second kappa shape index (κ2) is 10.4. The van der Waals surface area contributed by atoms with Gasteiger partial charge in [-0.1, -0.05) is 38.0 Å². The zero-order chi connectivity index (χ0) is 21.4. The molecule has 2 aromatic rings. The lowest BCUT2D eigenvalue weighted by molar-refractivity contribution is -0.123. The Morgan fingerprint density at radius 2 is 1.83 bits per heavy atom. The number of hydrogen-bond acceptors (Lipinski definition) is 6. The van der Waals surface area contributed by atoms with E-state index >= 15 is 0 Å². The van der Waals surface area contributed by atoms with Gasteiger partial charge in [0.2, 0.25) is 0 Å². The van der Waals surface area contributed by atoms with Crippen molar-refractivity contribution in [2.45, 2.75) is 52.6 Å². The van der Waals surface area contributed by atoms with Crippen molar-refractivity contribution in [2.75, 3.05) is 6.61 Å². The number of rotatable bonds is 8. The topological polar surface area (TPSA) is 119 Å². The number of nitrogens with one attached hydrogen (secondary N) is 2. The largest absolute Gasteiger partial charge is 0.451 e. The van der Waals surface area contributed by atoms with Crippen LogP contribution in [0.15, 0.2) is 29.1 Å². The summed E-state index contributed by atoms with van der Waals surface area (Å²) in [6, 6.07) is 5.80. The van der Waals surface area contributed by atoms with E-state index in [0.29, 0.717) is 17.3 Å². The van der Waals surface area contributed by atoms with E-state index in [2.05, 4.69) is 15.7 Å². The van der Waals surface area contributed by atoms with Crippen LogP contribution < -0.4 is 16.2 Å². The number of fused-ring (bicyclic) bond motifs is 1. The number of carbonyl (C=O) groups excluding carboxylic acids is 3.